The van der Waals surface area contributed by atoms with Gasteiger partial charge in [0.1, 0.15) is 0 Å². The van der Waals surface area contributed by atoms with Gasteiger partial charge in [-0.05, 0) is 56.3 Å². The highest BCUT2D eigenvalue weighted by Crippen LogP contribution is 2.37. The van der Waals surface area contributed by atoms with E-state index >= 15 is 0 Å². The number of benzene rings is 1. The highest BCUT2D eigenvalue weighted by Gasteiger charge is 2.31. The van der Waals surface area contributed by atoms with Gasteiger partial charge >= 0.3 is 0 Å². The van der Waals surface area contributed by atoms with Gasteiger partial charge in [0, 0.05) is 28.8 Å². The van der Waals surface area contributed by atoms with Crippen molar-refractivity contribution in [1.82, 2.24) is 5.32 Å². The van der Waals surface area contributed by atoms with E-state index in [-0.39, 0.29) is 0 Å². The zero-order valence-corrected chi connectivity index (χ0v) is 15.4. The number of hydrogen-bond acceptors (Lipinski definition) is 2. The second-order valence-electron chi connectivity index (χ2n) is 6.59. The molecule has 0 aromatic heterocycles. The van der Waals surface area contributed by atoms with Crippen LogP contribution in [-0.4, -0.2) is 19.1 Å². The van der Waals surface area contributed by atoms with E-state index in [1.165, 1.54) is 41.5 Å². The van der Waals surface area contributed by atoms with Gasteiger partial charge in [0.15, 0.2) is 0 Å². The van der Waals surface area contributed by atoms with Crippen LogP contribution in [0.3, 0.4) is 0 Å². The van der Waals surface area contributed by atoms with E-state index < -0.39 is 0 Å². The topological polar surface area (TPSA) is 15.3 Å². The Kier molecular flexibility index (Phi) is 6.12. The van der Waals surface area contributed by atoms with Gasteiger partial charge in [-0.15, -0.1) is 0 Å². The molecule has 3 heteroatoms. The summed E-state index contributed by atoms with van der Waals surface area (Å²) < 4.78 is 1.18. The van der Waals surface area contributed by atoms with Gasteiger partial charge in [-0.3, -0.25) is 0 Å². The molecule has 0 bridgehead atoms. The third-order valence-electron chi connectivity index (χ3n) is 4.21. The predicted molar refractivity (Wildman–Crippen MR) is 96.1 cm³/mol. The molecule has 0 spiro atoms. The van der Waals surface area contributed by atoms with Crippen molar-refractivity contribution in [2.24, 2.45) is 5.92 Å². The molecule has 1 atom stereocenters. The third-order valence-corrected chi connectivity index (χ3v) is 4.71. The van der Waals surface area contributed by atoms with Gasteiger partial charge in [-0.25, -0.2) is 0 Å². The summed E-state index contributed by atoms with van der Waals surface area (Å²) in [5.41, 5.74) is 2.84. The number of anilines is 1. The Morgan fingerprint density at radius 2 is 2.00 bits per heavy atom. The van der Waals surface area contributed by atoms with E-state index in [1.807, 2.05) is 0 Å². The summed E-state index contributed by atoms with van der Waals surface area (Å²) in [6, 6.07) is 7.91. The van der Waals surface area contributed by atoms with Crippen molar-refractivity contribution < 1.29 is 0 Å². The number of hydrogen-bond donors (Lipinski definition) is 1. The van der Waals surface area contributed by atoms with Crippen molar-refractivity contribution in [3.05, 3.63) is 28.2 Å². The summed E-state index contributed by atoms with van der Waals surface area (Å²) in [4.78, 5) is 2.65. The van der Waals surface area contributed by atoms with Gasteiger partial charge in [0.2, 0.25) is 0 Å². The van der Waals surface area contributed by atoms with Crippen LogP contribution < -0.4 is 10.2 Å². The monoisotopic (exact) mass is 352 g/mol. The Hall–Kier alpha value is -0.540. The van der Waals surface area contributed by atoms with Crippen LogP contribution in [0.1, 0.15) is 58.6 Å². The molecule has 118 valence electrons. The van der Waals surface area contributed by atoms with Gasteiger partial charge in [-0.2, -0.15) is 0 Å². The summed E-state index contributed by atoms with van der Waals surface area (Å²) in [6.07, 6.45) is 3.96. The summed E-state index contributed by atoms with van der Waals surface area (Å²) in [5, 5.41) is 3.56. The van der Waals surface area contributed by atoms with Crippen LogP contribution in [0.25, 0.3) is 0 Å². The Morgan fingerprint density at radius 1 is 1.29 bits per heavy atom. The molecule has 2 rings (SSSR count). The lowest BCUT2D eigenvalue weighted by Gasteiger charge is -2.30. The normalized spacial score (nSPS) is 16.3. The highest BCUT2D eigenvalue weighted by molar-refractivity contribution is 9.10. The smallest absolute Gasteiger partial charge is 0.0428 e. The van der Waals surface area contributed by atoms with Crippen molar-refractivity contribution in [3.8, 4) is 0 Å². The van der Waals surface area contributed by atoms with Crippen LogP contribution in [-0.2, 0) is 0 Å². The summed E-state index contributed by atoms with van der Waals surface area (Å²) >= 11 is 3.66. The van der Waals surface area contributed by atoms with E-state index in [0.29, 0.717) is 6.04 Å². The first kappa shape index (κ1) is 16.8. The first-order valence-electron chi connectivity index (χ1n) is 8.32. The van der Waals surface area contributed by atoms with E-state index in [4.69, 9.17) is 0 Å². The second kappa shape index (κ2) is 7.64. The fraction of sp³-hybridized carbons (Fsp3) is 0.667. The number of rotatable bonds is 8. The molecule has 1 saturated carbocycles. The predicted octanol–water partition coefficient (Wildman–Crippen LogP) is 5.13. The fourth-order valence-electron chi connectivity index (χ4n) is 2.83. The van der Waals surface area contributed by atoms with Crippen LogP contribution in [0.5, 0.6) is 0 Å². The average Bonchev–Trinajstić information content (AvgIpc) is 3.23. The fourth-order valence-corrected chi connectivity index (χ4v) is 3.18. The van der Waals surface area contributed by atoms with Crippen LogP contribution in [0, 0.1) is 5.92 Å². The Balaban J connectivity index is 2.26. The van der Waals surface area contributed by atoms with Crippen molar-refractivity contribution in [1.29, 1.82) is 0 Å². The number of nitrogens with zero attached hydrogens (tertiary/aromatic N) is 1. The van der Waals surface area contributed by atoms with Crippen molar-refractivity contribution >= 4 is 21.6 Å². The first-order valence-corrected chi connectivity index (χ1v) is 9.11. The van der Waals surface area contributed by atoms with Crippen LogP contribution >= 0.6 is 15.9 Å². The molecule has 1 N–H and O–H groups in total. The number of halogens is 1. The molecule has 1 unspecified atom stereocenters. The lowest BCUT2D eigenvalue weighted by molar-refractivity contribution is 0.563. The first-order chi connectivity index (χ1) is 10.0. The van der Waals surface area contributed by atoms with Gasteiger partial charge in [0.25, 0.3) is 0 Å². The van der Waals surface area contributed by atoms with Crippen molar-refractivity contribution in [3.63, 3.8) is 0 Å². The zero-order valence-electron chi connectivity index (χ0n) is 13.8. The standard InChI is InChI=1S/C18H29BrN2/c1-5-20-14(4)17-9-6-15(19)12-18(17)21(16-7-8-16)11-10-13(2)3/h6,9,12-14,16,20H,5,7-8,10-11H2,1-4H3. The molecule has 0 radical (unpaired) electrons. The molecular formula is C18H29BrN2. The van der Waals surface area contributed by atoms with E-state index in [0.717, 1.165) is 18.5 Å². The Morgan fingerprint density at radius 3 is 2.57 bits per heavy atom. The van der Waals surface area contributed by atoms with Crippen LogP contribution in [0.2, 0.25) is 0 Å². The summed E-state index contributed by atoms with van der Waals surface area (Å²) in [6.45, 7) is 11.2. The minimum Gasteiger partial charge on any atom is -0.368 e. The molecule has 21 heavy (non-hydrogen) atoms. The minimum atomic E-state index is 0.401. The third kappa shape index (κ3) is 4.72. The van der Waals surface area contributed by atoms with Gasteiger partial charge in [-0.1, -0.05) is 42.8 Å². The van der Waals surface area contributed by atoms with E-state index in [9.17, 15) is 0 Å². The summed E-state index contributed by atoms with van der Waals surface area (Å²) in [5.74, 6) is 0.757. The molecule has 0 amide bonds. The second-order valence-corrected chi connectivity index (χ2v) is 7.51. The molecule has 1 aromatic rings. The molecule has 1 aliphatic carbocycles. The maximum atomic E-state index is 3.66. The lowest BCUT2D eigenvalue weighted by atomic mass is 10.0. The molecule has 1 fully saturated rings. The average molecular weight is 353 g/mol. The maximum absolute atomic E-state index is 3.66. The van der Waals surface area contributed by atoms with E-state index in [2.05, 4.69) is 72.0 Å². The molecule has 0 saturated heterocycles. The van der Waals surface area contributed by atoms with Gasteiger partial charge < -0.3 is 10.2 Å². The minimum absolute atomic E-state index is 0.401. The van der Waals surface area contributed by atoms with Gasteiger partial charge in [0.05, 0.1) is 0 Å². The molecule has 1 aromatic carbocycles. The van der Waals surface area contributed by atoms with E-state index in [1.54, 1.807) is 0 Å². The lowest BCUT2D eigenvalue weighted by Crippen LogP contribution is -2.30. The van der Waals surface area contributed by atoms with Crippen molar-refractivity contribution in [2.45, 2.75) is 59.0 Å². The highest BCUT2D eigenvalue weighted by atomic mass is 79.9. The zero-order chi connectivity index (χ0) is 15.4. The molecule has 0 aliphatic heterocycles. The quantitative estimate of drug-likeness (QED) is 0.697. The number of nitrogens with one attached hydrogen (secondary N) is 1. The molecule has 1 aliphatic rings. The van der Waals surface area contributed by atoms with Crippen LogP contribution in [0.4, 0.5) is 5.69 Å². The largest absolute Gasteiger partial charge is 0.368 e. The van der Waals surface area contributed by atoms with Crippen LogP contribution in [0.15, 0.2) is 22.7 Å². The molecular weight excluding hydrogens is 324 g/mol. The molecule has 0 heterocycles. The molecule has 2 nitrogen and oxygen atoms in total. The summed E-state index contributed by atoms with van der Waals surface area (Å²) in [7, 11) is 0. The van der Waals surface area contributed by atoms with Crippen molar-refractivity contribution in [2.75, 3.05) is 18.0 Å². The Bertz CT molecular complexity index is 455. The maximum Gasteiger partial charge on any atom is 0.0428 e. The Labute approximate surface area is 138 Å². The SMILES string of the molecule is CCNC(C)c1ccc(Br)cc1N(CCC(C)C)C1CC1.